The van der Waals surface area contributed by atoms with Crippen LogP contribution in [0.15, 0.2) is 47.4 Å². The van der Waals surface area contributed by atoms with Crippen LogP contribution >= 0.6 is 19.5 Å². The first-order valence-corrected chi connectivity index (χ1v) is 13.5. The SMILES string of the molecule is C[C@H](N[P@](=O)(OC[C@@H]1O[C@H](n2ccc(N)nc2=O)CS1)Oc1ccccc1)C(=O)OC1CCC1. The molecule has 2 aromatic rings. The molecule has 0 spiro atoms. The normalized spacial score (nSPS) is 23.0. The average Bonchev–Trinajstić information content (AvgIpc) is 3.24. The minimum Gasteiger partial charge on any atom is -0.461 e. The number of benzene rings is 1. The molecule has 2 fully saturated rings. The van der Waals surface area contributed by atoms with Crippen molar-refractivity contribution in [3.05, 3.63) is 53.1 Å². The van der Waals surface area contributed by atoms with Crippen molar-refractivity contribution in [1.29, 1.82) is 0 Å². The Balaban J connectivity index is 1.39. The second kappa shape index (κ2) is 10.9. The first-order chi connectivity index (χ1) is 16.3. The van der Waals surface area contributed by atoms with Gasteiger partial charge in [-0.15, -0.1) is 11.8 Å². The lowest BCUT2D eigenvalue weighted by Gasteiger charge is -2.28. The lowest BCUT2D eigenvalue weighted by atomic mass is 9.96. The lowest BCUT2D eigenvalue weighted by Crippen LogP contribution is -2.38. The van der Waals surface area contributed by atoms with Gasteiger partial charge >= 0.3 is 19.4 Å². The molecular formula is C21H27N4O7PS. The van der Waals surface area contributed by atoms with E-state index in [1.165, 1.54) is 28.6 Å². The highest BCUT2D eigenvalue weighted by Crippen LogP contribution is 2.46. The first kappa shape index (κ1) is 24.7. The number of ether oxygens (including phenoxy) is 2. The standard InChI is InChI=1S/C21H27N4O7PS/c1-14(20(26)30-15-8-5-9-15)24-33(28,32-16-6-3-2-4-7-16)29-12-19-31-18(13-34-19)25-11-10-17(22)23-21(25)27/h2-4,6-7,10-11,14-15,18-19H,5,8-9,12-13H2,1H3,(H,24,28)(H2,22,23,27)/t14-,18-,19+,33-/m0/s1. The average molecular weight is 511 g/mol. The minimum absolute atomic E-state index is 0.0986. The van der Waals surface area contributed by atoms with Crippen molar-refractivity contribution in [1.82, 2.24) is 14.6 Å². The number of nitrogens with zero attached hydrogens (tertiary/aromatic N) is 2. The molecule has 4 atom stereocenters. The summed E-state index contributed by atoms with van der Waals surface area (Å²) in [5.41, 5.74) is 4.49. The summed E-state index contributed by atoms with van der Waals surface area (Å²) in [6.07, 6.45) is 3.53. The van der Waals surface area contributed by atoms with E-state index in [-0.39, 0.29) is 18.5 Å². The maximum absolute atomic E-state index is 13.6. The zero-order chi connectivity index (χ0) is 24.1. The number of hydrogen-bond donors (Lipinski definition) is 2. The summed E-state index contributed by atoms with van der Waals surface area (Å²) in [5, 5.41) is 2.67. The van der Waals surface area contributed by atoms with Crippen LogP contribution in [0.5, 0.6) is 5.75 Å². The molecule has 1 aromatic carbocycles. The highest BCUT2D eigenvalue weighted by atomic mass is 32.2. The summed E-state index contributed by atoms with van der Waals surface area (Å²) < 4.78 is 37.5. The minimum atomic E-state index is -3.99. The van der Waals surface area contributed by atoms with E-state index in [1.807, 2.05) is 0 Å². The van der Waals surface area contributed by atoms with Crippen molar-refractivity contribution >= 4 is 31.3 Å². The molecule has 4 rings (SSSR count). The predicted molar refractivity (Wildman–Crippen MR) is 126 cm³/mol. The zero-order valence-corrected chi connectivity index (χ0v) is 20.3. The molecule has 1 saturated carbocycles. The fraction of sp³-hybridized carbons (Fsp3) is 0.476. The van der Waals surface area contributed by atoms with Gasteiger partial charge in [0.2, 0.25) is 0 Å². The van der Waals surface area contributed by atoms with Crippen LogP contribution in [0.3, 0.4) is 0 Å². The van der Waals surface area contributed by atoms with Gasteiger partial charge in [-0.2, -0.15) is 10.1 Å². The van der Waals surface area contributed by atoms with Gasteiger partial charge in [-0.1, -0.05) is 18.2 Å². The Hall–Kier alpha value is -2.37. The van der Waals surface area contributed by atoms with Crippen LogP contribution < -0.4 is 21.0 Å². The third-order valence-electron chi connectivity index (χ3n) is 5.29. The van der Waals surface area contributed by atoms with Crippen molar-refractivity contribution in [3.63, 3.8) is 0 Å². The molecule has 3 N–H and O–H groups in total. The molecule has 0 bridgehead atoms. The number of carbonyl (C=O) groups excluding carboxylic acids is 1. The molecule has 0 amide bonds. The molecule has 1 aromatic heterocycles. The Morgan fingerprint density at radius 1 is 1.35 bits per heavy atom. The molecule has 0 unspecified atom stereocenters. The van der Waals surface area contributed by atoms with Crippen LogP contribution in [0.25, 0.3) is 0 Å². The summed E-state index contributed by atoms with van der Waals surface area (Å²) in [4.78, 5) is 28.2. The molecule has 34 heavy (non-hydrogen) atoms. The predicted octanol–water partition coefficient (Wildman–Crippen LogP) is 2.69. The van der Waals surface area contributed by atoms with Crippen LogP contribution in [0.4, 0.5) is 5.82 Å². The lowest BCUT2D eigenvalue weighted by molar-refractivity contribution is -0.154. The summed E-state index contributed by atoms with van der Waals surface area (Å²) in [7, 11) is -3.99. The van der Waals surface area contributed by atoms with Gasteiger partial charge in [0.05, 0.1) is 6.61 Å². The van der Waals surface area contributed by atoms with Crippen molar-refractivity contribution < 1.29 is 27.9 Å². The number of anilines is 1. The Kier molecular flexibility index (Phi) is 7.95. The number of rotatable bonds is 10. The number of para-hydroxylation sites is 1. The van der Waals surface area contributed by atoms with Gasteiger partial charge in [-0.3, -0.25) is 13.9 Å². The highest BCUT2D eigenvalue weighted by molar-refractivity contribution is 8.00. The molecule has 11 nitrogen and oxygen atoms in total. The number of carbonyl (C=O) groups is 1. The number of thioether (sulfide) groups is 1. The fourth-order valence-corrected chi connectivity index (χ4v) is 5.82. The molecule has 1 aliphatic carbocycles. The van der Waals surface area contributed by atoms with Gasteiger partial charge < -0.3 is 19.7 Å². The van der Waals surface area contributed by atoms with Crippen molar-refractivity contribution in [2.24, 2.45) is 0 Å². The van der Waals surface area contributed by atoms with E-state index >= 15 is 0 Å². The topological polar surface area (TPSA) is 144 Å². The van der Waals surface area contributed by atoms with Crippen molar-refractivity contribution in [2.75, 3.05) is 18.1 Å². The number of aromatic nitrogens is 2. The summed E-state index contributed by atoms with van der Waals surface area (Å²) in [6, 6.07) is 9.11. The number of hydrogen-bond acceptors (Lipinski definition) is 10. The third kappa shape index (κ3) is 6.39. The van der Waals surface area contributed by atoms with Gasteiger partial charge in [0.25, 0.3) is 0 Å². The maximum atomic E-state index is 13.6. The van der Waals surface area contributed by atoms with Gasteiger partial charge in [-0.25, -0.2) is 9.36 Å². The molecule has 1 aliphatic heterocycles. The van der Waals surface area contributed by atoms with E-state index in [9.17, 15) is 14.2 Å². The molecule has 2 heterocycles. The number of nitrogen functional groups attached to an aromatic ring is 1. The molecule has 13 heteroatoms. The van der Waals surface area contributed by atoms with E-state index in [0.717, 1.165) is 19.3 Å². The number of nitrogens with one attached hydrogen (secondary N) is 1. The summed E-state index contributed by atoms with van der Waals surface area (Å²) in [6.45, 7) is 1.43. The van der Waals surface area contributed by atoms with Crippen LogP contribution in [0, 0.1) is 0 Å². The van der Waals surface area contributed by atoms with Crippen LogP contribution in [-0.4, -0.2) is 45.5 Å². The molecule has 184 valence electrons. The molecule has 2 aliphatic rings. The smallest absolute Gasteiger partial charge is 0.459 e. The molecule has 0 radical (unpaired) electrons. The summed E-state index contributed by atoms with van der Waals surface area (Å²) >= 11 is 1.39. The van der Waals surface area contributed by atoms with E-state index in [0.29, 0.717) is 11.5 Å². The highest BCUT2D eigenvalue weighted by Gasteiger charge is 2.36. The Morgan fingerprint density at radius 3 is 2.79 bits per heavy atom. The fourth-order valence-electron chi connectivity index (χ4n) is 3.24. The molecular weight excluding hydrogens is 483 g/mol. The first-order valence-electron chi connectivity index (χ1n) is 10.9. The largest absolute Gasteiger partial charge is 0.461 e. The maximum Gasteiger partial charge on any atom is 0.459 e. The van der Waals surface area contributed by atoms with Gasteiger partial charge in [0, 0.05) is 11.9 Å². The van der Waals surface area contributed by atoms with Gasteiger partial charge in [-0.05, 0) is 44.4 Å². The van der Waals surface area contributed by atoms with Crippen LogP contribution in [0.1, 0.15) is 32.4 Å². The van der Waals surface area contributed by atoms with Crippen molar-refractivity contribution in [2.45, 2.75) is 50.0 Å². The quantitative estimate of drug-likeness (QED) is 0.359. The summed E-state index contributed by atoms with van der Waals surface area (Å²) in [5.74, 6) is 0.380. The number of esters is 1. The zero-order valence-electron chi connectivity index (χ0n) is 18.6. The molecule has 1 saturated heterocycles. The van der Waals surface area contributed by atoms with Gasteiger partial charge in [0.15, 0.2) is 0 Å². The van der Waals surface area contributed by atoms with E-state index in [1.54, 1.807) is 37.3 Å². The van der Waals surface area contributed by atoms with E-state index in [2.05, 4.69) is 10.1 Å². The second-order valence-electron chi connectivity index (χ2n) is 7.93. The Morgan fingerprint density at radius 2 is 2.12 bits per heavy atom. The van der Waals surface area contributed by atoms with Crippen molar-refractivity contribution in [3.8, 4) is 5.75 Å². The Labute approximate surface area is 200 Å². The van der Waals surface area contributed by atoms with E-state index < -0.39 is 37.1 Å². The second-order valence-corrected chi connectivity index (χ2v) is 10.8. The Bertz CT molecular complexity index is 1100. The monoisotopic (exact) mass is 510 g/mol. The van der Waals surface area contributed by atoms with Crippen LogP contribution in [-0.2, 0) is 23.4 Å². The number of nitrogens with two attached hydrogens (primary N) is 1. The van der Waals surface area contributed by atoms with Gasteiger partial charge in [0.1, 0.15) is 35.4 Å². The third-order valence-corrected chi connectivity index (χ3v) is 8.03. The van der Waals surface area contributed by atoms with E-state index in [4.69, 9.17) is 24.3 Å². The van der Waals surface area contributed by atoms with Crippen LogP contribution in [0.2, 0.25) is 0 Å².